The normalized spacial score (nSPS) is 10.8. The number of aryl methyl sites for hydroxylation is 2. The molecule has 1 aromatic heterocycles. The lowest BCUT2D eigenvalue weighted by atomic mass is 10.2. The zero-order valence-corrected chi connectivity index (χ0v) is 11.8. The van der Waals surface area contributed by atoms with E-state index < -0.39 is 0 Å². The molecule has 5 heteroatoms. The van der Waals surface area contributed by atoms with E-state index in [4.69, 9.17) is 0 Å². The van der Waals surface area contributed by atoms with Gasteiger partial charge in [-0.2, -0.15) is 5.10 Å². The maximum atomic E-state index is 4.24. The van der Waals surface area contributed by atoms with Crippen molar-refractivity contribution in [2.24, 2.45) is 5.10 Å². The molecule has 0 saturated carbocycles. The van der Waals surface area contributed by atoms with E-state index in [1.165, 1.54) is 0 Å². The van der Waals surface area contributed by atoms with E-state index in [-0.39, 0.29) is 0 Å². The van der Waals surface area contributed by atoms with Gasteiger partial charge < -0.3 is 0 Å². The van der Waals surface area contributed by atoms with Crippen LogP contribution in [-0.4, -0.2) is 16.2 Å². The van der Waals surface area contributed by atoms with Gasteiger partial charge in [-0.15, -0.1) is 0 Å². The molecule has 0 amide bonds. The van der Waals surface area contributed by atoms with Crippen molar-refractivity contribution in [2.75, 3.05) is 5.43 Å². The minimum atomic E-state index is 0.510. The van der Waals surface area contributed by atoms with Crippen LogP contribution in [-0.2, 0) is 0 Å². The Morgan fingerprint density at radius 1 is 1.17 bits per heavy atom. The fraction of sp³-hybridized carbons (Fsp3) is 0.154. The predicted octanol–water partition coefficient (Wildman–Crippen LogP) is 3.30. The summed E-state index contributed by atoms with van der Waals surface area (Å²) in [5.74, 6) is 0.510. The number of nitrogens with zero attached hydrogens (tertiary/aromatic N) is 3. The second-order valence-corrected chi connectivity index (χ2v) is 4.72. The minimum Gasteiger partial charge on any atom is -0.245 e. The van der Waals surface area contributed by atoms with Crippen LogP contribution in [0.3, 0.4) is 0 Å². The number of aromatic nitrogens is 2. The highest BCUT2D eigenvalue weighted by Gasteiger charge is 1.97. The van der Waals surface area contributed by atoms with Crippen LogP contribution in [0.2, 0.25) is 0 Å². The highest BCUT2D eigenvalue weighted by atomic mass is 79.9. The first kappa shape index (κ1) is 12.7. The fourth-order valence-corrected chi connectivity index (χ4v) is 1.90. The third kappa shape index (κ3) is 3.37. The van der Waals surface area contributed by atoms with Gasteiger partial charge in [0.05, 0.1) is 6.21 Å². The molecule has 0 spiro atoms. The summed E-state index contributed by atoms with van der Waals surface area (Å²) in [6.45, 7) is 3.86. The van der Waals surface area contributed by atoms with Gasteiger partial charge in [-0.05, 0) is 26.0 Å². The van der Waals surface area contributed by atoms with E-state index in [1.807, 2.05) is 44.2 Å². The minimum absolute atomic E-state index is 0.510. The van der Waals surface area contributed by atoms with Gasteiger partial charge >= 0.3 is 0 Å². The van der Waals surface area contributed by atoms with Crippen LogP contribution in [0.15, 0.2) is 39.9 Å². The summed E-state index contributed by atoms with van der Waals surface area (Å²) >= 11 is 3.46. The van der Waals surface area contributed by atoms with Gasteiger partial charge in [0.25, 0.3) is 0 Å². The van der Waals surface area contributed by atoms with Gasteiger partial charge in [0.15, 0.2) is 0 Å². The van der Waals surface area contributed by atoms with Gasteiger partial charge in [0.2, 0.25) is 5.95 Å². The van der Waals surface area contributed by atoms with Crippen molar-refractivity contribution in [3.8, 4) is 0 Å². The van der Waals surface area contributed by atoms with Gasteiger partial charge in [0, 0.05) is 21.4 Å². The lowest BCUT2D eigenvalue weighted by Gasteiger charge is -2.01. The molecule has 2 aromatic rings. The van der Waals surface area contributed by atoms with Crippen molar-refractivity contribution in [1.29, 1.82) is 0 Å². The molecular formula is C13H13BrN4. The summed E-state index contributed by atoms with van der Waals surface area (Å²) < 4.78 is 0.997. The average Bonchev–Trinajstić information content (AvgIpc) is 2.30. The molecule has 0 aliphatic rings. The second kappa shape index (κ2) is 5.73. The van der Waals surface area contributed by atoms with Crippen LogP contribution in [0.25, 0.3) is 0 Å². The lowest BCUT2D eigenvalue weighted by Crippen LogP contribution is -1.99. The smallest absolute Gasteiger partial charge is 0.243 e. The van der Waals surface area contributed by atoms with Crippen LogP contribution in [0.4, 0.5) is 5.95 Å². The van der Waals surface area contributed by atoms with Crippen LogP contribution < -0.4 is 5.43 Å². The van der Waals surface area contributed by atoms with Gasteiger partial charge in [-0.1, -0.05) is 34.1 Å². The number of benzene rings is 1. The van der Waals surface area contributed by atoms with E-state index in [0.717, 1.165) is 21.4 Å². The Bertz CT molecular complexity index is 561. The SMILES string of the molecule is Cc1cc(C)nc(N/N=C/c2ccccc2Br)n1. The Kier molecular flexibility index (Phi) is 4.04. The van der Waals surface area contributed by atoms with Crippen molar-refractivity contribution in [3.63, 3.8) is 0 Å². The molecule has 92 valence electrons. The maximum absolute atomic E-state index is 4.24. The fourth-order valence-electron chi connectivity index (χ4n) is 1.52. The summed E-state index contributed by atoms with van der Waals surface area (Å²) in [4.78, 5) is 8.48. The number of rotatable bonds is 3. The summed E-state index contributed by atoms with van der Waals surface area (Å²) in [5.41, 5.74) is 5.66. The molecule has 0 aliphatic heterocycles. The monoisotopic (exact) mass is 304 g/mol. The quantitative estimate of drug-likeness (QED) is 0.699. The van der Waals surface area contributed by atoms with Gasteiger partial charge in [-0.25, -0.2) is 15.4 Å². The van der Waals surface area contributed by atoms with Crippen molar-refractivity contribution >= 4 is 28.1 Å². The van der Waals surface area contributed by atoms with Crippen molar-refractivity contribution in [3.05, 3.63) is 51.8 Å². The molecule has 1 aromatic carbocycles. The van der Waals surface area contributed by atoms with Crippen LogP contribution in [0.1, 0.15) is 17.0 Å². The first-order chi connectivity index (χ1) is 8.65. The highest BCUT2D eigenvalue weighted by Crippen LogP contribution is 2.13. The molecule has 0 atom stereocenters. The topological polar surface area (TPSA) is 50.2 Å². The molecule has 0 unspecified atom stereocenters. The zero-order valence-electron chi connectivity index (χ0n) is 10.2. The standard InChI is InChI=1S/C13H13BrN4/c1-9-7-10(2)17-13(16-9)18-15-8-11-5-3-4-6-12(11)14/h3-8H,1-2H3,(H,16,17,18)/b15-8+. The Hall–Kier alpha value is -1.75. The van der Waals surface area contributed by atoms with Gasteiger partial charge in [-0.3, -0.25) is 0 Å². The van der Waals surface area contributed by atoms with Crippen LogP contribution >= 0.6 is 15.9 Å². The molecule has 0 fully saturated rings. The third-order valence-corrected chi connectivity index (χ3v) is 2.98. The second-order valence-electron chi connectivity index (χ2n) is 3.87. The number of nitrogens with one attached hydrogen (secondary N) is 1. The summed E-state index contributed by atoms with van der Waals surface area (Å²) in [7, 11) is 0. The summed E-state index contributed by atoms with van der Waals surface area (Å²) in [5, 5.41) is 4.12. The molecule has 0 aliphatic carbocycles. The highest BCUT2D eigenvalue weighted by molar-refractivity contribution is 9.10. The molecule has 0 bridgehead atoms. The first-order valence-electron chi connectivity index (χ1n) is 5.51. The molecule has 2 rings (SSSR count). The number of anilines is 1. The molecule has 4 nitrogen and oxygen atoms in total. The van der Waals surface area contributed by atoms with Crippen molar-refractivity contribution in [1.82, 2.24) is 9.97 Å². The molecule has 0 saturated heterocycles. The summed E-state index contributed by atoms with van der Waals surface area (Å²) in [6.07, 6.45) is 1.73. The molecule has 18 heavy (non-hydrogen) atoms. The first-order valence-corrected chi connectivity index (χ1v) is 6.30. The van der Waals surface area contributed by atoms with Crippen molar-refractivity contribution in [2.45, 2.75) is 13.8 Å². The number of halogens is 1. The van der Waals surface area contributed by atoms with Crippen molar-refractivity contribution < 1.29 is 0 Å². The Morgan fingerprint density at radius 3 is 2.50 bits per heavy atom. The number of hydrazone groups is 1. The molecular weight excluding hydrogens is 292 g/mol. The number of hydrogen-bond acceptors (Lipinski definition) is 4. The molecule has 1 heterocycles. The number of hydrogen-bond donors (Lipinski definition) is 1. The Balaban J connectivity index is 2.10. The third-order valence-electron chi connectivity index (χ3n) is 2.26. The van der Waals surface area contributed by atoms with E-state index >= 15 is 0 Å². The van der Waals surface area contributed by atoms with Crippen LogP contribution in [0.5, 0.6) is 0 Å². The average molecular weight is 305 g/mol. The van der Waals surface area contributed by atoms with E-state index in [0.29, 0.717) is 5.95 Å². The Labute approximate surface area is 114 Å². The van der Waals surface area contributed by atoms with E-state index in [2.05, 4.69) is 36.4 Å². The molecule has 1 N–H and O–H groups in total. The van der Waals surface area contributed by atoms with Gasteiger partial charge in [0.1, 0.15) is 0 Å². The maximum Gasteiger partial charge on any atom is 0.243 e. The Morgan fingerprint density at radius 2 is 1.83 bits per heavy atom. The van der Waals surface area contributed by atoms with Crippen LogP contribution in [0, 0.1) is 13.8 Å². The predicted molar refractivity (Wildman–Crippen MR) is 76.9 cm³/mol. The van der Waals surface area contributed by atoms with E-state index in [9.17, 15) is 0 Å². The molecule has 0 radical (unpaired) electrons. The van der Waals surface area contributed by atoms with E-state index in [1.54, 1.807) is 6.21 Å². The summed E-state index contributed by atoms with van der Waals surface area (Å²) in [6, 6.07) is 9.77. The zero-order chi connectivity index (χ0) is 13.0. The largest absolute Gasteiger partial charge is 0.245 e. The lowest BCUT2D eigenvalue weighted by molar-refractivity contribution is 1.04.